The second kappa shape index (κ2) is 12.9. The van der Waals surface area contributed by atoms with E-state index in [9.17, 15) is 44.1 Å². The van der Waals surface area contributed by atoms with Gasteiger partial charge in [-0.15, -0.1) is 0 Å². The Morgan fingerprint density at radius 1 is 0.973 bits per heavy atom. The first kappa shape index (κ1) is 31.5. The molecule has 2 unspecified atom stereocenters. The summed E-state index contributed by atoms with van der Waals surface area (Å²) in [5.41, 5.74) is -3.84. The van der Waals surface area contributed by atoms with Crippen LogP contribution in [0.3, 0.4) is 0 Å². The molecule has 204 valence electrons. The van der Waals surface area contributed by atoms with Crippen molar-refractivity contribution in [2.45, 2.75) is 31.1 Å². The molecular weight excluding hydrogens is 599 g/mol. The molecule has 0 spiro atoms. The lowest BCUT2D eigenvalue weighted by molar-refractivity contribution is -0.140. The van der Waals surface area contributed by atoms with Crippen molar-refractivity contribution in [1.82, 2.24) is 0 Å². The number of hydrogen-bond acceptors (Lipinski definition) is 2. The molecule has 2 atom stereocenters. The molecule has 0 bridgehead atoms. The van der Waals surface area contributed by atoms with Gasteiger partial charge < -0.3 is 0 Å². The van der Waals surface area contributed by atoms with Crippen LogP contribution in [-0.2, 0) is 17.0 Å². The van der Waals surface area contributed by atoms with Gasteiger partial charge in [0.15, 0.2) is 5.78 Å². The third-order valence-electron chi connectivity index (χ3n) is 5.01. The van der Waals surface area contributed by atoms with E-state index in [1.165, 1.54) is 0 Å². The molecule has 2 nitrogen and oxygen atoms in total. The second-order valence-electron chi connectivity index (χ2n) is 7.65. The van der Waals surface area contributed by atoms with Crippen LogP contribution < -0.4 is 0 Å². The van der Waals surface area contributed by atoms with E-state index < -0.39 is 76.0 Å². The maximum absolute atomic E-state index is 14.9. The van der Waals surface area contributed by atoms with Gasteiger partial charge in [0.05, 0.1) is 26.4 Å². The Balaban J connectivity index is 2.45. The van der Waals surface area contributed by atoms with Crippen molar-refractivity contribution in [3.05, 3.63) is 73.7 Å². The van der Waals surface area contributed by atoms with Crippen molar-refractivity contribution >= 4 is 57.2 Å². The van der Waals surface area contributed by atoms with E-state index in [0.717, 1.165) is 18.2 Å². The molecule has 0 aliphatic heterocycles. The van der Waals surface area contributed by atoms with Crippen LogP contribution in [0, 0.1) is 0 Å². The van der Waals surface area contributed by atoms with E-state index in [4.69, 9.17) is 34.8 Å². The Kier molecular flexibility index (Phi) is 11.0. The molecule has 37 heavy (non-hydrogen) atoms. The minimum atomic E-state index is -5.14. The van der Waals surface area contributed by atoms with Crippen molar-refractivity contribution < 1.29 is 44.1 Å². The zero-order chi connectivity index (χ0) is 28.1. The van der Waals surface area contributed by atoms with Gasteiger partial charge in [0.25, 0.3) is 0 Å². The number of allylic oxidation sites excluding steroid dienone is 1. The first-order valence-electron chi connectivity index (χ1n) is 10.3. The molecule has 0 radical (unpaired) electrons. The van der Waals surface area contributed by atoms with Crippen LogP contribution >= 0.6 is 34.8 Å². The molecule has 2 aromatic rings. The average Bonchev–Trinajstić information content (AvgIpc) is 2.78. The number of halogens is 11. The van der Waals surface area contributed by atoms with Crippen molar-refractivity contribution in [2.75, 3.05) is 18.2 Å². The minimum Gasteiger partial charge on any atom is -0.294 e. The highest BCUT2D eigenvalue weighted by Gasteiger charge is 2.41. The second-order valence-corrected chi connectivity index (χ2v) is 10.5. The molecule has 2 aromatic carbocycles. The Bertz CT molecular complexity index is 1170. The van der Waals surface area contributed by atoms with Crippen molar-refractivity contribution in [3.8, 4) is 0 Å². The number of Topliss-reactive ketones (excluding diaryl/α,β-unsaturated/α-hetero) is 1. The fourth-order valence-electron chi connectivity index (χ4n) is 3.26. The lowest BCUT2D eigenvalue weighted by atomic mass is 9.94. The zero-order valence-corrected chi connectivity index (χ0v) is 21.5. The molecule has 0 amide bonds. The number of carbonyl (C=O) groups excluding carboxylic acids is 1. The van der Waals surface area contributed by atoms with E-state index >= 15 is 0 Å². The third-order valence-corrected chi connectivity index (χ3v) is 7.56. The summed E-state index contributed by atoms with van der Waals surface area (Å²) in [6.07, 6.45) is -10.7. The molecule has 0 fully saturated rings. The van der Waals surface area contributed by atoms with Crippen LogP contribution in [0.15, 0.2) is 36.4 Å². The highest BCUT2D eigenvalue weighted by atomic mass is 35.5. The van der Waals surface area contributed by atoms with Crippen LogP contribution in [0.5, 0.6) is 0 Å². The largest absolute Gasteiger partial charge is 0.417 e. The average molecular weight is 616 g/mol. The Labute approximate surface area is 224 Å². The van der Waals surface area contributed by atoms with Crippen molar-refractivity contribution in [3.63, 3.8) is 0 Å². The van der Waals surface area contributed by atoms with Crippen molar-refractivity contribution in [2.24, 2.45) is 0 Å². The van der Waals surface area contributed by atoms with Gasteiger partial charge in [0.1, 0.15) is 18.4 Å². The highest BCUT2D eigenvalue weighted by molar-refractivity contribution is 7.84. The maximum atomic E-state index is 14.9. The van der Waals surface area contributed by atoms with Crippen molar-refractivity contribution in [1.29, 1.82) is 0 Å². The predicted octanol–water partition coefficient (Wildman–Crippen LogP) is 9.00. The number of benzene rings is 2. The SMILES string of the molecule is O=C(CCCS(=O)CCF)c1ccc(/C(F)=C/C(c2cc(Cl)c(Cl)c(Cl)c2)C(F)(F)F)cc1C(F)(F)F. The summed E-state index contributed by atoms with van der Waals surface area (Å²) >= 11 is 17.3. The molecule has 2 rings (SSSR count). The van der Waals surface area contributed by atoms with E-state index in [-0.39, 0.29) is 45.1 Å². The zero-order valence-electron chi connectivity index (χ0n) is 18.5. The van der Waals surface area contributed by atoms with Gasteiger partial charge in [-0.25, -0.2) is 4.39 Å². The topological polar surface area (TPSA) is 34.1 Å². The van der Waals surface area contributed by atoms with Gasteiger partial charge in [-0.3, -0.25) is 13.4 Å². The first-order chi connectivity index (χ1) is 17.1. The fourth-order valence-corrected chi connectivity index (χ4v) is 4.72. The van der Waals surface area contributed by atoms with E-state index in [1.54, 1.807) is 0 Å². The minimum absolute atomic E-state index is 0.0626. The molecule has 0 N–H and O–H groups in total. The third kappa shape index (κ3) is 8.66. The lowest BCUT2D eigenvalue weighted by Crippen LogP contribution is -2.19. The van der Waals surface area contributed by atoms with E-state index in [0.29, 0.717) is 6.07 Å². The van der Waals surface area contributed by atoms with Crippen LogP contribution in [0.2, 0.25) is 15.1 Å². The van der Waals surface area contributed by atoms with Gasteiger partial charge in [-0.2, -0.15) is 26.3 Å². The number of rotatable bonds is 10. The summed E-state index contributed by atoms with van der Waals surface area (Å²) in [5, 5.41) is -0.924. The summed E-state index contributed by atoms with van der Waals surface area (Å²) in [6, 6.07) is 3.24. The first-order valence-corrected chi connectivity index (χ1v) is 12.9. The maximum Gasteiger partial charge on any atom is 0.417 e. The van der Waals surface area contributed by atoms with Gasteiger partial charge in [-0.05, 0) is 36.3 Å². The number of ketones is 1. The summed E-state index contributed by atoms with van der Waals surface area (Å²) in [5.74, 6) is -5.66. The van der Waals surface area contributed by atoms with Crippen LogP contribution in [0.4, 0.5) is 35.1 Å². The Morgan fingerprint density at radius 2 is 1.57 bits per heavy atom. The fraction of sp³-hybridized carbons (Fsp3) is 0.348. The van der Waals surface area contributed by atoms with Gasteiger partial charge in [0, 0.05) is 34.1 Å². The Hall–Kier alpha value is -1.69. The summed E-state index contributed by atoms with van der Waals surface area (Å²) < 4.78 is 121. The van der Waals surface area contributed by atoms with Crippen LogP contribution in [-0.4, -0.2) is 34.3 Å². The van der Waals surface area contributed by atoms with E-state index in [2.05, 4.69) is 0 Å². The molecule has 0 aromatic heterocycles. The van der Waals surface area contributed by atoms with Crippen LogP contribution in [0.25, 0.3) is 5.83 Å². The Morgan fingerprint density at radius 3 is 2.08 bits per heavy atom. The molecule has 0 aliphatic carbocycles. The van der Waals surface area contributed by atoms with Gasteiger partial charge >= 0.3 is 12.4 Å². The normalized spacial score (nSPS) is 14.5. The molecule has 0 aliphatic rings. The summed E-state index contributed by atoms with van der Waals surface area (Å²) in [6.45, 7) is -0.855. The molecule has 0 heterocycles. The molecule has 14 heteroatoms. The van der Waals surface area contributed by atoms with Crippen LogP contribution in [0.1, 0.15) is 45.8 Å². The van der Waals surface area contributed by atoms with Gasteiger partial charge in [0.2, 0.25) is 0 Å². The van der Waals surface area contributed by atoms with E-state index in [1.807, 2.05) is 0 Å². The monoisotopic (exact) mass is 614 g/mol. The predicted molar refractivity (Wildman–Crippen MR) is 128 cm³/mol. The quantitative estimate of drug-likeness (QED) is 0.152. The molecule has 0 saturated carbocycles. The number of carbonyl (C=O) groups is 1. The summed E-state index contributed by atoms with van der Waals surface area (Å²) in [4.78, 5) is 12.4. The smallest absolute Gasteiger partial charge is 0.294 e. The molecular formula is C23H17Cl3F8O2S. The molecule has 0 saturated heterocycles. The number of alkyl halides is 7. The standard InChI is InChI=1S/C23H17Cl3F8O2S/c24-17-9-13(10-18(25)21(17)26)15(22(29,30)31)11-19(28)12-3-4-14(16(8-12)23(32,33)34)20(35)2-1-6-37(36)7-5-27/h3-4,8-11,15H,1-2,5-7H2/b19-11-. The highest BCUT2D eigenvalue weighted by Crippen LogP contribution is 2.43. The van der Waals surface area contributed by atoms with Gasteiger partial charge in [-0.1, -0.05) is 46.9 Å². The number of hydrogen-bond donors (Lipinski definition) is 0. The summed E-state index contributed by atoms with van der Waals surface area (Å²) in [7, 11) is -1.58. The lowest BCUT2D eigenvalue weighted by Gasteiger charge is -2.19.